The first-order chi connectivity index (χ1) is 6.84. The lowest BCUT2D eigenvalue weighted by Crippen LogP contribution is -2.16. The largest absolute Gasteiger partial charge is 0.463 e. The van der Waals surface area contributed by atoms with Gasteiger partial charge in [0.25, 0.3) is 0 Å². The molecular weight excluding hydrogens is 293 g/mol. The van der Waals surface area contributed by atoms with Crippen LogP contribution in [-0.2, 0) is 0 Å². The highest BCUT2D eigenvalue weighted by Crippen LogP contribution is 2.10. The highest BCUT2D eigenvalue weighted by atomic mass is 127. The second-order valence-corrected chi connectivity index (χ2v) is 4.60. The van der Waals surface area contributed by atoms with Gasteiger partial charge >= 0.3 is 6.01 Å². The molecule has 1 atom stereocenters. The fourth-order valence-electron chi connectivity index (χ4n) is 1.42. The molecule has 4 nitrogen and oxygen atoms in total. The van der Waals surface area contributed by atoms with Crippen LogP contribution in [0, 0.1) is 9.49 Å². The Labute approximate surface area is 96.6 Å². The van der Waals surface area contributed by atoms with Crippen LogP contribution >= 0.6 is 22.6 Å². The highest BCUT2D eigenvalue weighted by Gasteiger charge is 2.15. The first-order valence-electron chi connectivity index (χ1n) is 4.65. The van der Waals surface area contributed by atoms with Gasteiger partial charge in [-0.1, -0.05) is 0 Å². The summed E-state index contributed by atoms with van der Waals surface area (Å²) in [6, 6.07) is 0.484. The van der Waals surface area contributed by atoms with Crippen molar-refractivity contribution in [3.8, 4) is 6.01 Å². The van der Waals surface area contributed by atoms with E-state index in [-0.39, 0.29) is 0 Å². The van der Waals surface area contributed by atoms with E-state index in [9.17, 15) is 0 Å². The molecule has 2 heterocycles. The number of rotatable bonds is 3. The molecule has 0 spiro atoms. The molecule has 1 fully saturated rings. The molecule has 0 saturated carbocycles. The van der Waals surface area contributed by atoms with Gasteiger partial charge in [-0.15, -0.1) is 0 Å². The maximum atomic E-state index is 5.48. The normalized spacial score (nSPS) is 21.1. The lowest BCUT2D eigenvalue weighted by Gasteiger charge is -2.08. The Morgan fingerprint density at radius 1 is 1.50 bits per heavy atom. The van der Waals surface area contributed by atoms with E-state index >= 15 is 0 Å². The van der Waals surface area contributed by atoms with E-state index in [1.807, 2.05) is 0 Å². The minimum Gasteiger partial charge on any atom is -0.463 e. The molecule has 1 aliphatic rings. The minimum absolute atomic E-state index is 0.484. The van der Waals surface area contributed by atoms with Gasteiger partial charge in [0.05, 0.1) is 6.61 Å². The quantitative estimate of drug-likeness (QED) is 0.849. The number of aromatic nitrogens is 2. The van der Waals surface area contributed by atoms with Crippen molar-refractivity contribution in [2.75, 3.05) is 19.7 Å². The van der Waals surface area contributed by atoms with Crippen LogP contribution in [0.4, 0.5) is 0 Å². The van der Waals surface area contributed by atoms with Crippen molar-refractivity contribution in [3.63, 3.8) is 0 Å². The molecule has 14 heavy (non-hydrogen) atoms. The molecule has 1 aromatic rings. The van der Waals surface area contributed by atoms with Crippen molar-refractivity contribution in [3.05, 3.63) is 16.0 Å². The zero-order valence-corrected chi connectivity index (χ0v) is 9.90. The van der Waals surface area contributed by atoms with Gasteiger partial charge in [0.15, 0.2) is 0 Å². The summed E-state index contributed by atoms with van der Waals surface area (Å²) in [5, 5.41) is 3.30. The number of halogens is 1. The van der Waals surface area contributed by atoms with Crippen molar-refractivity contribution >= 4 is 22.6 Å². The number of ether oxygens (including phenoxy) is 1. The van der Waals surface area contributed by atoms with Crippen LogP contribution in [0.3, 0.4) is 0 Å². The molecule has 2 rings (SSSR count). The SMILES string of the molecule is Ic1cnc(OCC2CCNC2)nc1. The van der Waals surface area contributed by atoms with Gasteiger partial charge in [-0.05, 0) is 35.6 Å². The third kappa shape index (κ3) is 2.78. The zero-order chi connectivity index (χ0) is 9.80. The Morgan fingerprint density at radius 3 is 2.93 bits per heavy atom. The number of nitrogens with one attached hydrogen (secondary N) is 1. The topological polar surface area (TPSA) is 47.0 Å². The summed E-state index contributed by atoms with van der Waals surface area (Å²) in [5.41, 5.74) is 0. The maximum Gasteiger partial charge on any atom is 0.316 e. The van der Waals surface area contributed by atoms with Gasteiger partial charge in [0.2, 0.25) is 0 Å². The summed E-state index contributed by atoms with van der Waals surface area (Å²) in [7, 11) is 0. The fraction of sp³-hybridized carbons (Fsp3) is 0.556. The molecule has 1 N–H and O–H groups in total. The molecule has 1 aliphatic heterocycles. The van der Waals surface area contributed by atoms with Gasteiger partial charge in [0.1, 0.15) is 0 Å². The molecule has 0 aliphatic carbocycles. The summed E-state index contributed by atoms with van der Waals surface area (Å²) >= 11 is 2.17. The van der Waals surface area contributed by atoms with E-state index < -0.39 is 0 Å². The molecule has 0 aromatic carbocycles. The summed E-state index contributed by atoms with van der Waals surface area (Å²) in [6.45, 7) is 2.86. The predicted molar refractivity (Wildman–Crippen MR) is 61.2 cm³/mol. The summed E-state index contributed by atoms with van der Waals surface area (Å²) in [6.07, 6.45) is 4.70. The highest BCUT2D eigenvalue weighted by molar-refractivity contribution is 14.1. The third-order valence-corrected chi connectivity index (χ3v) is 2.76. The van der Waals surface area contributed by atoms with Crippen LogP contribution in [-0.4, -0.2) is 29.7 Å². The van der Waals surface area contributed by atoms with Crippen molar-refractivity contribution < 1.29 is 4.74 Å². The Balaban J connectivity index is 1.82. The van der Waals surface area contributed by atoms with E-state index in [2.05, 4.69) is 37.9 Å². The van der Waals surface area contributed by atoms with Gasteiger partial charge in [0, 0.05) is 28.4 Å². The Bertz CT molecular complexity index is 285. The molecule has 0 bridgehead atoms. The third-order valence-electron chi connectivity index (χ3n) is 2.21. The molecule has 1 saturated heterocycles. The monoisotopic (exact) mass is 305 g/mol. The van der Waals surface area contributed by atoms with E-state index in [4.69, 9.17) is 4.74 Å². The smallest absolute Gasteiger partial charge is 0.316 e. The van der Waals surface area contributed by atoms with Gasteiger partial charge in [-0.2, -0.15) is 0 Å². The van der Waals surface area contributed by atoms with Crippen molar-refractivity contribution in [1.82, 2.24) is 15.3 Å². The fourth-order valence-corrected chi connectivity index (χ4v) is 1.70. The molecule has 0 radical (unpaired) electrons. The van der Waals surface area contributed by atoms with Crippen LogP contribution < -0.4 is 10.1 Å². The number of hydrogen-bond donors (Lipinski definition) is 1. The minimum atomic E-state index is 0.484. The molecule has 5 heteroatoms. The second-order valence-electron chi connectivity index (χ2n) is 3.35. The molecule has 1 unspecified atom stereocenters. The van der Waals surface area contributed by atoms with E-state index in [1.165, 1.54) is 6.42 Å². The average molecular weight is 305 g/mol. The van der Waals surface area contributed by atoms with Crippen molar-refractivity contribution in [2.24, 2.45) is 5.92 Å². The van der Waals surface area contributed by atoms with Crippen molar-refractivity contribution in [2.45, 2.75) is 6.42 Å². The Hall–Kier alpha value is -0.430. The first kappa shape index (κ1) is 10.1. The molecule has 0 amide bonds. The van der Waals surface area contributed by atoms with Gasteiger partial charge < -0.3 is 10.1 Å². The summed E-state index contributed by atoms with van der Waals surface area (Å²) in [4.78, 5) is 8.16. The Kier molecular flexibility index (Phi) is 3.52. The van der Waals surface area contributed by atoms with E-state index in [1.54, 1.807) is 12.4 Å². The predicted octanol–water partition coefficient (Wildman–Crippen LogP) is 1.07. The Morgan fingerprint density at radius 2 is 2.29 bits per heavy atom. The van der Waals surface area contributed by atoms with Crippen LogP contribution in [0.25, 0.3) is 0 Å². The first-order valence-corrected chi connectivity index (χ1v) is 5.73. The van der Waals surface area contributed by atoms with Crippen LogP contribution in [0.2, 0.25) is 0 Å². The molecule has 1 aromatic heterocycles. The lowest BCUT2D eigenvalue weighted by atomic mass is 10.1. The number of hydrogen-bond acceptors (Lipinski definition) is 4. The van der Waals surface area contributed by atoms with Crippen LogP contribution in [0.1, 0.15) is 6.42 Å². The molecule has 76 valence electrons. The maximum absolute atomic E-state index is 5.48. The standard InChI is InChI=1S/C9H12IN3O/c10-8-4-12-9(13-5-8)14-6-7-1-2-11-3-7/h4-5,7,11H,1-3,6H2. The van der Waals surface area contributed by atoms with Gasteiger partial charge in [-0.25, -0.2) is 9.97 Å². The lowest BCUT2D eigenvalue weighted by molar-refractivity contribution is 0.241. The van der Waals surface area contributed by atoms with Crippen LogP contribution in [0.5, 0.6) is 6.01 Å². The average Bonchev–Trinajstić information content (AvgIpc) is 2.70. The second kappa shape index (κ2) is 4.88. The zero-order valence-electron chi connectivity index (χ0n) is 7.74. The van der Waals surface area contributed by atoms with Gasteiger partial charge in [-0.3, -0.25) is 0 Å². The summed E-state index contributed by atoms with van der Waals surface area (Å²) in [5.74, 6) is 0.609. The van der Waals surface area contributed by atoms with E-state index in [0.29, 0.717) is 18.5 Å². The van der Waals surface area contributed by atoms with Crippen LogP contribution in [0.15, 0.2) is 12.4 Å². The summed E-state index contributed by atoms with van der Waals surface area (Å²) < 4.78 is 6.50. The van der Waals surface area contributed by atoms with E-state index in [0.717, 1.165) is 16.7 Å². The molecular formula is C9H12IN3O. The number of nitrogens with zero attached hydrogens (tertiary/aromatic N) is 2. The van der Waals surface area contributed by atoms with Crippen molar-refractivity contribution in [1.29, 1.82) is 0 Å².